The Bertz CT molecular complexity index is 2650. The van der Waals surface area contributed by atoms with E-state index in [-0.39, 0.29) is 0 Å². The van der Waals surface area contributed by atoms with Gasteiger partial charge in [-0.3, -0.25) is 9.80 Å². The first kappa shape index (κ1) is 29.2. The number of hydrogen-bond donors (Lipinski definition) is 0. The van der Waals surface area contributed by atoms with Crippen molar-refractivity contribution in [3.63, 3.8) is 0 Å². The van der Waals surface area contributed by atoms with Crippen LogP contribution in [0.2, 0.25) is 0 Å². The van der Waals surface area contributed by atoms with Crippen molar-refractivity contribution < 1.29 is 18.9 Å². The van der Waals surface area contributed by atoms with Gasteiger partial charge in [-0.05, 0) is 106 Å². The van der Waals surface area contributed by atoms with Crippen molar-refractivity contribution >= 4 is 34.1 Å². The highest BCUT2D eigenvalue weighted by atomic mass is 16.5. The zero-order valence-corrected chi connectivity index (χ0v) is 28.7. The summed E-state index contributed by atoms with van der Waals surface area (Å²) >= 11 is 0. The van der Waals surface area contributed by atoms with Crippen molar-refractivity contribution in [2.24, 2.45) is 0 Å². The largest absolute Gasteiger partial charge is 0.453 e. The van der Waals surface area contributed by atoms with Crippen LogP contribution in [0, 0.1) is 0 Å². The van der Waals surface area contributed by atoms with Crippen LogP contribution in [0.15, 0.2) is 170 Å². The Morgan fingerprint density at radius 1 is 0.241 bits per heavy atom. The van der Waals surface area contributed by atoms with Gasteiger partial charge in [-0.25, -0.2) is 0 Å². The lowest BCUT2D eigenvalue weighted by Crippen LogP contribution is -2.20. The van der Waals surface area contributed by atoms with Gasteiger partial charge < -0.3 is 18.9 Å². The van der Waals surface area contributed by atoms with E-state index in [1.807, 2.05) is 72.8 Å². The van der Waals surface area contributed by atoms with Crippen molar-refractivity contribution in [3.8, 4) is 79.4 Å². The van der Waals surface area contributed by atoms with Crippen molar-refractivity contribution in [1.29, 1.82) is 0 Å². The first-order valence-electron chi connectivity index (χ1n) is 18.0. The van der Waals surface area contributed by atoms with E-state index in [9.17, 15) is 0 Å². The minimum absolute atomic E-state index is 0.778. The van der Waals surface area contributed by atoms with Gasteiger partial charge in [0.2, 0.25) is 0 Å². The molecule has 0 bridgehead atoms. The number of fused-ring (bicyclic) bond motifs is 8. The molecule has 4 aliphatic heterocycles. The molecule has 0 aliphatic carbocycles. The summed E-state index contributed by atoms with van der Waals surface area (Å²) in [7, 11) is 0. The van der Waals surface area contributed by atoms with Crippen molar-refractivity contribution in [3.05, 3.63) is 170 Å². The lowest BCUT2D eigenvalue weighted by molar-refractivity contribution is 0.445. The van der Waals surface area contributed by atoms with Crippen LogP contribution in [0.4, 0.5) is 34.1 Å². The van der Waals surface area contributed by atoms with Gasteiger partial charge in [0.15, 0.2) is 46.0 Å². The molecule has 4 heterocycles. The molecule has 0 spiro atoms. The molecule has 12 rings (SSSR count). The first-order valence-corrected chi connectivity index (χ1v) is 18.0. The van der Waals surface area contributed by atoms with E-state index in [0.29, 0.717) is 0 Å². The van der Waals surface area contributed by atoms with Gasteiger partial charge in [-0.15, -0.1) is 0 Å². The summed E-state index contributed by atoms with van der Waals surface area (Å²) in [6, 6.07) is 58.5. The summed E-state index contributed by atoms with van der Waals surface area (Å²) in [6.07, 6.45) is 0. The monoisotopic (exact) mass is 696 g/mol. The summed E-state index contributed by atoms with van der Waals surface area (Å²) in [5.74, 6) is 6.41. The van der Waals surface area contributed by atoms with E-state index < -0.39 is 0 Å². The molecule has 0 fully saturated rings. The topological polar surface area (TPSA) is 43.4 Å². The van der Waals surface area contributed by atoms with Crippen molar-refractivity contribution in [2.45, 2.75) is 0 Å². The molecule has 0 atom stereocenters. The van der Waals surface area contributed by atoms with Crippen LogP contribution < -0.4 is 28.7 Å². The summed E-state index contributed by atoms with van der Waals surface area (Å²) in [4.78, 5) is 4.49. The summed E-state index contributed by atoms with van der Waals surface area (Å²) < 4.78 is 25.4. The van der Waals surface area contributed by atoms with Crippen LogP contribution in [0.5, 0.6) is 46.0 Å². The maximum absolute atomic E-state index is 6.48. The van der Waals surface area contributed by atoms with Gasteiger partial charge in [-0.2, -0.15) is 0 Å². The molecule has 8 aromatic rings. The number of rotatable bonds is 3. The molecule has 254 valence electrons. The van der Waals surface area contributed by atoms with Crippen LogP contribution in [-0.4, -0.2) is 0 Å². The maximum atomic E-state index is 6.48. The normalized spacial score (nSPS) is 13.3. The average Bonchev–Trinajstić information content (AvgIpc) is 3.23. The van der Waals surface area contributed by atoms with Gasteiger partial charge >= 0.3 is 0 Å². The number of hydrogen-bond acceptors (Lipinski definition) is 6. The second-order valence-corrected chi connectivity index (χ2v) is 13.7. The fourth-order valence-corrected chi connectivity index (χ4v) is 8.08. The fourth-order valence-electron chi connectivity index (χ4n) is 8.08. The lowest BCUT2D eigenvalue weighted by Gasteiger charge is -2.37. The Morgan fingerprint density at radius 3 is 0.944 bits per heavy atom. The predicted molar refractivity (Wildman–Crippen MR) is 212 cm³/mol. The summed E-state index contributed by atoms with van der Waals surface area (Å²) in [5.41, 5.74) is 12.6. The molecule has 4 aliphatic rings. The average molecular weight is 697 g/mol. The van der Waals surface area contributed by atoms with Gasteiger partial charge in [0, 0.05) is 0 Å². The molecular weight excluding hydrogens is 669 g/mol. The third-order valence-corrected chi connectivity index (χ3v) is 10.6. The van der Waals surface area contributed by atoms with Crippen LogP contribution in [0.3, 0.4) is 0 Å². The molecule has 6 nitrogen and oxygen atoms in total. The number of anilines is 6. The molecule has 8 aromatic carbocycles. The Hall–Kier alpha value is -7.44. The molecule has 0 saturated carbocycles. The Balaban J connectivity index is 0.824. The number of nitrogens with zero attached hydrogens (tertiary/aromatic N) is 2. The number of para-hydroxylation sites is 6. The van der Waals surface area contributed by atoms with Crippen molar-refractivity contribution in [2.75, 3.05) is 9.80 Å². The van der Waals surface area contributed by atoms with E-state index in [4.69, 9.17) is 18.9 Å². The molecule has 54 heavy (non-hydrogen) atoms. The van der Waals surface area contributed by atoms with Gasteiger partial charge in [-0.1, -0.05) is 97.1 Å². The molecule has 0 N–H and O–H groups in total. The lowest BCUT2D eigenvalue weighted by atomic mass is 9.97. The second-order valence-electron chi connectivity index (χ2n) is 13.7. The molecular formula is C48H28N2O4. The molecule has 0 amide bonds. The van der Waals surface area contributed by atoms with E-state index in [1.54, 1.807) is 0 Å². The van der Waals surface area contributed by atoms with Crippen LogP contribution in [0.1, 0.15) is 0 Å². The first-order chi connectivity index (χ1) is 26.7. The molecule has 0 saturated heterocycles. The third kappa shape index (κ3) is 4.28. The van der Waals surface area contributed by atoms with Gasteiger partial charge in [0.05, 0.1) is 22.7 Å². The zero-order chi connectivity index (χ0) is 35.3. The smallest absolute Gasteiger partial charge is 0.155 e. The maximum Gasteiger partial charge on any atom is 0.155 e. The Kier molecular flexibility index (Phi) is 5.96. The quantitative estimate of drug-likeness (QED) is 0.183. The minimum Gasteiger partial charge on any atom is -0.453 e. The van der Waals surface area contributed by atoms with E-state index in [0.717, 1.165) is 114 Å². The molecule has 0 unspecified atom stereocenters. The second kappa shape index (κ2) is 11.0. The Labute approximate surface area is 311 Å². The third-order valence-electron chi connectivity index (χ3n) is 10.6. The SMILES string of the molecule is c1ccc2c(c1)Oc1cccc3c1N2c1ccc(-c2ccc(-c4ccc(-c5ccc6c(c5)Oc5cccc7c5N6c5ccccc5O7)cc4)cc2)cc1O3. The highest BCUT2D eigenvalue weighted by molar-refractivity contribution is 5.96. The van der Waals surface area contributed by atoms with Gasteiger partial charge in [0.1, 0.15) is 11.4 Å². The fraction of sp³-hybridized carbons (Fsp3) is 0. The molecule has 0 radical (unpaired) electrons. The predicted octanol–water partition coefficient (Wildman–Crippen LogP) is 14.0. The number of benzene rings is 8. The van der Waals surface area contributed by atoms with Crippen LogP contribution in [-0.2, 0) is 0 Å². The highest BCUT2D eigenvalue weighted by Crippen LogP contribution is 2.61. The summed E-state index contributed by atoms with van der Waals surface area (Å²) in [6.45, 7) is 0. The van der Waals surface area contributed by atoms with Crippen LogP contribution >= 0.6 is 0 Å². The number of ether oxygens (including phenoxy) is 4. The molecule has 0 aromatic heterocycles. The van der Waals surface area contributed by atoms with Crippen molar-refractivity contribution in [1.82, 2.24) is 0 Å². The zero-order valence-electron chi connectivity index (χ0n) is 28.7. The van der Waals surface area contributed by atoms with E-state index >= 15 is 0 Å². The van der Waals surface area contributed by atoms with E-state index in [1.165, 1.54) is 0 Å². The van der Waals surface area contributed by atoms with Gasteiger partial charge in [0.25, 0.3) is 0 Å². The van der Waals surface area contributed by atoms with Crippen LogP contribution in [0.25, 0.3) is 33.4 Å². The Morgan fingerprint density at radius 2 is 0.537 bits per heavy atom. The summed E-state index contributed by atoms with van der Waals surface area (Å²) in [5, 5.41) is 0. The van der Waals surface area contributed by atoms with E-state index in [2.05, 4.69) is 107 Å². The highest BCUT2D eigenvalue weighted by Gasteiger charge is 2.36. The molecule has 6 heteroatoms. The minimum atomic E-state index is 0.778. The standard InChI is InChI=1S/C48H28N2O4/c1-3-9-39-35(7-1)49-37-25-23-33(27-45(37)53-43-13-5-11-41(51-39)47(43)49)31-19-15-29(16-20-31)30-17-21-32(22-18-30)34-24-26-38-46(28-34)54-44-14-6-12-42-48(44)50(38)36-8-2-4-10-40(36)52-42/h1-28H.